The summed E-state index contributed by atoms with van der Waals surface area (Å²) in [6, 6.07) is 7.80. The van der Waals surface area contributed by atoms with Gasteiger partial charge in [-0.15, -0.1) is 0 Å². The van der Waals surface area contributed by atoms with Crippen molar-refractivity contribution in [2.75, 3.05) is 5.75 Å². The fourth-order valence-electron chi connectivity index (χ4n) is 3.00. The van der Waals surface area contributed by atoms with Crippen LogP contribution in [-0.2, 0) is 16.3 Å². The topological polar surface area (TPSA) is 72.2 Å². The summed E-state index contributed by atoms with van der Waals surface area (Å²) in [5.41, 5.74) is 4.95. The molecule has 20 heavy (non-hydrogen) atoms. The summed E-state index contributed by atoms with van der Waals surface area (Å²) < 4.78 is 24.5. The SMILES string of the molecule is CCCc1cccc(C(NN)C2CCCCS2(=O)=O)c1. The van der Waals surface area contributed by atoms with Gasteiger partial charge in [0.1, 0.15) is 0 Å². The Labute approximate surface area is 121 Å². The number of rotatable bonds is 5. The number of hydrogen-bond acceptors (Lipinski definition) is 4. The predicted molar refractivity (Wildman–Crippen MR) is 81.9 cm³/mol. The number of nitrogens with two attached hydrogens (primary N) is 1. The van der Waals surface area contributed by atoms with Gasteiger partial charge in [-0.1, -0.05) is 44.0 Å². The first kappa shape index (κ1) is 15.5. The van der Waals surface area contributed by atoms with Gasteiger partial charge in [-0.05, 0) is 30.4 Å². The molecule has 1 aromatic carbocycles. The maximum atomic E-state index is 12.3. The molecular weight excluding hydrogens is 272 g/mol. The van der Waals surface area contributed by atoms with Crippen molar-refractivity contribution in [1.82, 2.24) is 5.43 Å². The van der Waals surface area contributed by atoms with Crippen LogP contribution in [0.5, 0.6) is 0 Å². The molecule has 0 bridgehead atoms. The second-order valence-electron chi connectivity index (χ2n) is 5.54. The van der Waals surface area contributed by atoms with Crippen molar-refractivity contribution in [1.29, 1.82) is 0 Å². The summed E-state index contributed by atoms with van der Waals surface area (Å²) in [7, 11) is -3.05. The van der Waals surface area contributed by atoms with Crippen LogP contribution in [0.25, 0.3) is 0 Å². The van der Waals surface area contributed by atoms with Crippen molar-refractivity contribution < 1.29 is 8.42 Å². The van der Waals surface area contributed by atoms with Crippen molar-refractivity contribution in [3.05, 3.63) is 35.4 Å². The third-order valence-electron chi connectivity index (χ3n) is 4.03. The van der Waals surface area contributed by atoms with E-state index in [4.69, 9.17) is 5.84 Å². The zero-order valence-corrected chi connectivity index (χ0v) is 12.8. The molecule has 0 aromatic heterocycles. The zero-order valence-electron chi connectivity index (χ0n) is 12.0. The van der Waals surface area contributed by atoms with Gasteiger partial charge in [-0.2, -0.15) is 0 Å². The highest BCUT2D eigenvalue weighted by Gasteiger charge is 2.35. The summed E-state index contributed by atoms with van der Waals surface area (Å²) in [6.45, 7) is 2.14. The maximum absolute atomic E-state index is 12.3. The lowest BCUT2D eigenvalue weighted by atomic mass is 9.97. The molecule has 5 heteroatoms. The molecule has 0 amide bonds. The van der Waals surface area contributed by atoms with Crippen LogP contribution in [0.3, 0.4) is 0 Å². The Hall–Kier alpha value is -0.910. The Bertz CT molecular complexity index is 543. The Balaban J connectivity index is 2.29. The third-order valence-corrected chi connectivity index (χ3v) is 6.32. The fraction of sp³-hybridized carbons (Fsp3) is 0.600. The first-order valence-corrected chi connectivity index (χ1v) is 9.06. The Morgan fingerprint density at radius 3 is 2.85 bits per heavy atom. The molecule has 2 rings (SSSR count). The van der Waals surface area contributed by atoms with Gasteiger partial charge in [0.05, 0.1) is 17.0 Å². The van der Waals surface area contributed by atoms with Crippen LogP contribution in [-0.4, -0.2) is 19.4 Å². The molecule has 1 saturated heterocycles. The van der Waals surface area contributed by atoms with Crippen molar-refractivity contribution in [3.63, 3.8) is 0 Å². The summed E-state index contributed by atoms with van der Waals surface area (Å²) in [6.07, 6.45) is 4.49. The molecule has 112 valence electrons. The van der Waals surface area contributed by atoms with Crippen LogP contribution >= 0.6 is 0 Å². The quantitative estimate of drug-likeness (QED) is 0.645. The highest BCUT2D eigenvalue weighted by Crippen LogP contribution is 2.30. The molecule has 1 heterocycles. The number of benzene rings is 1. The second kappa shape index (κ2) is 6.70. The van der Waals surface area contributed by atoms with E-state index in [9.17, 15) is 8.42 Å². The van der Waals surface area contributed by atoms with Crippen LogP contribution in [0.4, 0.5) is 0 Å². The number of aryl methyl sites for hydroxylation is 1. The molecule has 0 spiro atoms. The number of sulfone groups is 1. The van der Waals surface area contributed by atoms with Crippen molar-refractivity contribution in [2.24, 2.45) is 5.84 Å². The molecule has 2 atom stereocenters. The molecule has 0 radical (unpaired) electrons. The molecular formula is C15H24N2O2S. The lowest BCUT2D eigenvalue weighted by molar-refractivity contribution is 0.453. The van der Waals surface area contributed by atoms with E-state index in [1.807, 2.05) is 12.1 Å². The van der Waals surface area contributed by atoms with Crippen LogP contribution in [0.15, 0.2) is 24.3 Å². The normalized spacial score (nSPS) is 23.4. The minimum Gasteiger partial charge on any atom is -0.271 e. The number of hydrazine groups is 1. The van der Waals surface area contributed by atoms with Crippen LogP contribution < -0.4 is 11.3 Å². The van der Waals surface area contributed by atoms with Gasteiger partial charge in [-0.25, -0.2) is 8.42 Å². The molecule has 1 aromatic rings. The van der Waals surface area contributed by atoms with E-state index in [0.717, 1.165) is 31.2 Å². The van der Waals surface area contributed by atoms with E-state index in [1.54, 1.807) is 0 Å². The monoisotopic (exact) mass is 296 g/mol. The highest BCUT2D eigenvalue weighted by atomic mass is 32.2. The Morgan fingerprint density at radius 1 is 1.40 bits per heavy atom. The summed E-state index contributed by atoms with van der Waals surface area (Å²) in [5, 5.41) is -0.405. The molecule has 1 aliphatic heterocycles. The van der Waals surface area contributed by atoms with E-state index in [-0.39, 0.29) is 11.8 Å². The third kappa shape index (κ3) is 3.40. The van der Waals surface area contributed by atoms with Crippen LogP contribution in [0, 0.1) is 0 Å². The molecule has 0 saturated carbocycles. The largest absolute Gasteiger partial charge is 0.271 e. The standard InChI is InChI=1S/C15H24N2O2S/c1-2-6-12-7-5-8-13(11-12)15(17-16)14-9-3-4-10-20(14,18)19/h5,7-8,11,14-15,17H,2-4,6,9-10,16H2,1H3. The van der Waals surface area contributed by atoms with Crippen molar-refractivity contribution in [3.8, 4) is 0 Å². The fourth-order valence-corrected chi connectivity index (χ4v) is 5.09. The van der Waals surface area contributed by atoms with Gasteiger partial charge in [0.15, 0.2) is 9.84 Å². The van der Waals surface area contributed by atoms with Crippen molar-refractivity contribution in [2.45, 2.75) is 50.3 Å². The van der Waals surface area contributed by atoms with E-state index in [2.05, 4.69) is 24.5 Å². The molecule has 1 aliphatic rings. The minimum absolute atomic E-state index is 0.282. The summed E-state index contributed by atoms with van der Waals surface area (Å²) in [4.78, 5) is 0. The van der Waals surface area contributed by atoms with Gasteiger partial charge >= 0.3 is 0 Å². The van der Waals surface area contributed by atoms with Gasteiger partial charge in [0, 0.05) is 0 Å². The first-order valence-electron chi connectivity index (χ1n) is 7.35. The summed E-state index contributed by atoms with van der Waals surface area (Å²) >= 11 is 0. The second-order valence-corrected chi connectivity index (χ2v) is 7.88. The highest BCUT2D eigenvalue weighted by molar-refractivity contribution is 7.92. The molecule has 0 aliphatic carbocycles. The average molecular weight is 296 g/mol. The van der Waals surface area contributed by atoms with E-state index >= 15 is 0 Å². The average Bonchev–Trinajstić information content (AvgIpc) is 2.42. The molecule has 1 fully saturated rings. The van der Waals surface area contributed by atoms with Gasteiger partial charge in [0.25, 0.3) is 0 Å². The molecule has 2 unspecified atom stereocenters. The van der Waals surface area contributed by atoms with Crippen LogP contribution in [0.2, 0.25) is 0 Å². The van der Waals surface area contributed by atoms with Gasteiger partial charge < -0.3 is 0 Å². The predicted octanol–water partition coefficient (Wildman–Crippen LogP) is 2.11. The van der Waals surface area contributed by atoms with E-state index in [0.29, 0.717) is 6.42 Å². The van der Waals surface area contributed by atoms with Crippen LogP contribution in [0.1, 0.15) is 49.8 Å². The maximum Gasteiger partial charge on any atom is 0.155 e. The lowest BCUT2D eigenvalue weighted by Crippen LogP contribution is -2.43. The van der Waals surface area contributed by atoms with Gasteiger partial charge in [-0.3, -0.25) is 11.3 Å². The van der Waals surface area contributed by atoms with E-state index in [1.165, 1.54) is 5.56 Å². The molecule has 3 N–H and O–H groups in total. The van der Waals surface area contributed by atoms with Gasteiger partial charge in [0.2, 0.25) is 0 Å². The number of nitrogens with one attached hydrogen (secondary N) is 1. The smallest absolute Gasteiger partial charge is 0.155 e. The lowest BCUT2D eigenvalue weighted by Gasteiger charge is -2.30. The zero-order chi connectivity index (χ0) is 14.6. The van der Waals surface area contributed by atoms with E-state index < -0.39 is 15.1 Å². The van der Waals surface area contributed by atoms with Crippen molar-refractivity contribution >= 4 is 9.84 Å². The Kier molecular flexibility index (Phi) is 5.18. The number of hydrogen-bond donors (Lipinski definition) is 2. The Morgan fingerprint density at radius 2 is 2.20 bits per heavy atom. The molecule has 4 nitrogen and oxygen atoms in total. The summed E-state index contributed by atoms with van der Waals surface area (Å²) in [5.74, 6) is 5.95. The first-order chi connectivity index (χ1) is 9.58. The minimum atomic E-state index is -3.05.